The Morgan fingerprint density at radius 2 is 1.77 bits per heavy atom. The zero-order chi connectivity index (χ0) is 20.9. The number of carbonyl (C=O) groups is 1. The lowest BCUT2D eigenvalue weighted by Crippen LogP contribution is -2.51. The number of piperazine rings is 1. The Bertz CT molecular complexity index is 975. The van der Waals surface area contributed by atoms with Crippen molar-refractivity contribution in [3.63, 3.8) is 0 Å². The van der Waals surface area contributed by atoms with Crippen molar-refractivity contribution in [3.8, 4) is 5.82 Å². The number of pyridine rings is 1. The first-order valence-electron chi connectivity index (χ1n) is 10.4. The van der Waals surface area contributed by atoms with Gasteiger partial charge in [0.15, 0.2) is 5.82 Å². The summed E-state index contributed by atoms with van der Waals surface area (Å²) in [7, 11) is 0. The molecule has 1 N–H and O–H groups in total. The van der Waals surface area contributed by atoms with Gasteiger partial charge in [-0.05, 0) is 37.1 Å². The molecule has 1 aliphatic rings. The molecule has 3 aromatic rings. The summed E-state index contributed by atoms with van der Waals surface area (Å²) in [5, 5.41) is 7.47. The minimum atomic E-state index is -0.0167. The Morgan fingerprint density at radius 1 is 1.00 bits per heavy atom. The first-order chi connectivity index (χ1) is 14.6. The molecular weight excluding hydrogens is 376 g/mol. The minimum absolute atomic E-state index is 0.0167. The van der Waals surface area contributed by atoms with Crippen LogP contribution in [0.5, 0.6) is 0 Å². The van der Waals surface area contributed by atoms with Crippen LogP contribution in [0.15, 0.2) is 54.7 Å². The Kier molecular flexibility index (Phi) is 6.09. The van der Waals surface area contributed by atoms with Crippen LogP contribution in [0, 0.1) is 13.8 Å². The molecule has 1 aliphatic heterocycles. The van der Waals surface area contributed by atoms with Crippen molar-refractivity contribution in [2.24, 2.45) is 0 Å². The van der Waals surface area contributed by atoms with E-state index in [9.17, 15) is 4.79 Å². The molecular formula is C23H28N6O. The molecule has 1 saturated heterocycles. The highest BCUT2D eigenvalue weighted by Gasteiger charge is 2.20. The summed E-state index contributed by atoms with van der Waals surface area (Å²) < 4.78 is 1.83. The van der Waals surface area contributed by atoms with E-state index in [4.69, 9.17) is 0 Å². The van der Waals surface area contributed by atoms with Gasteiger partial charge in [0.05, 0.1) is 5.69 Å². The van der Waals surface area contributed by atoms with Gasteiger partial charge in [0.1, 0.15) is 0 Å². The number of hydrogen-bond donors (Lipinski definition) is 1. The fourth-order valence-electron chi connectivity index (χ4n) is 3.75. The molecule has 0 aliphatic carbocycles. The average Bonchev–Trinajstić information content (AvgIpc) is 3.11. The Balaban J connectivity index is 1.24. The van der Waals surface area contributed by atoms with Gasteiger partial charge in [-0.1, -0.05) is 36.4 Å². The van der Waals surface area contributed by atoms with Gasteiger partial charge in [-0.2, -0.15) is 5.10 Å². The molecule has 0 saturated carbocycles. The lowest BCUT2D eigenvalue weighted by Gasteiger charge is -2.34. The average molecular weight is 405 g/mol. The normalized spacial score (nSPS) is 14.7. The van der Waals surface area contributed by atoms with Crippen LogP contribution in [0.3, 0.4) is 0 Å². The van der Waals surface area contributed by atoms with Gasteiger partial charge < -0.3 is 10.2 Å². The Morgan fingerprint density at radius 3 is 2.40 bits per heavy atom. The van der Waals surface area contributed by atoms with Gasteiger partial charge >= 0.3 is 6.03 Å². The second-order valence-electron chi connectivity index (χ2n) is 7.77. The Hall–Kier alpha value is -3.19. The van der Waals surface area contributed by atoms with Crippen LogP contribution in [0.1, 0.15) is 22.5 Å². The maximum absolute atomic E-state index is 12.5. The number of nitrogens with one attached hydrogen (secondary N) is 1. The fourth-order valence-corrected chi connectivity index (χ4v) is 3.75. The number of rotatable bonds is 5. The molecule has 156 valence electrons. The van der Waals surface area contributed by atoms with E-state index in [1.807, 2.05) is 47.7 Å². The third kappa shape index (κ3) is 4.86. The van der Waals surface area contributed by atoms with Crippen molar-refractivity contribution < 1.29 is 4.79 Å². The van der Waals surface area contributed by atoms with Crippen LogP contribution in [-0.2, 0) is 13.1 Å². The second kappa shape index (κ2) is 9.09. The molecule has 30 heavy (non-hydrogen) atoms. The molecule has 2 aromatic heterocycles. The van der Waals surface area contributed by atoms with Crippen molar-refractivity contribution >= 4 is 6.03 Å². The number of amides is 2. The molecule has 1 aromatic carbocycles. The van der Waals surface area contributed by atoms with E-state index in [0.29, 0.717) is 6.54 Å². The van der Waals surface area contributed by atoms with Crippen LogP contribution < -0.4 is 5.32 Å². The third-order valence-electron chi connectivity index (χ3n) is 5.39. The maximum atomic E-state index is 12.5. The van der Waals surface area contributed by atoms with Crippen molar-refractivity contribution in [1.82, 2.24) is 29.9 Å². The number of nitrogens with zero attached hydrogens (tertiary/aromatic N) is 5. The van der Waals surface area contributed by atoms with Gasteiger partial charge in [0, 0.05) is 51.2 Å². The zero-order valence-corrected chi connectivity index (χ0v) is 17.6. The number of aromatic nitrogens is 3. The number of benzene rings is 1. The lowest BCUT2D eigenvalue weighted by atomic mass is 10.2. The quantitative estimate of drug-likeness (QED) is 0.710. The number of aryl methyl sites for hydroxylation is 2. The molecule has 1 fully saturated rings. The number of carbonyl (C=O) groups excluding carboxylic acids is 1. The highest BCUT2D eigenvalue weighted by atomic mass is 16.2. The molecule has 0 atom stereocenters. The van der Waals surface area contributed by atoms with Crippen LogP contribution >= 0.6 is 0 Å². The summed E-state index contributed by atoms with van der Waals surface area (Å²) >= 11 is 0. The van der Waals surface area contributed by atoms with Gasteiger partial charge in [0.2, 0.25) is 0 Å². The molecule has 0 unspecified atom stereocenters. The van der Waals surface area contributed by atoms with E-state index >= 15 is 0 Å². The van der Waals surface area contributed by atoms with Gasteiger partial charge in [-0.3, -0.25) is 4.90 Å². The zero-order valence-electron chi connectivity index (χ0n) is 17.6. The molecule has 0 radical (unpaired) electrons. The topological polar surface area (TPSA) is 66.3 Å². The molecule has 3 heterocycles. The summed E-state index contributed by atoms with van der Waals surface area (Å²) in [6.07, 6.45) is 1.80. The van der Waals surface area contributed by atoms with E-state index in [1.54, 1.807) is 6.20 Å². The fraction of sp³-hybridized carbons (Fsp3) is 0.348. The lowest BCUT2D eigenvalue weighted by molar-refractivity contribution is 0.135. The molecule has 7 nitrogen and oxygen atoms in total. The van der Waals surface area contributed by atoms with E-state index in [2.05, 4.69) is 44.6 Å². The van der Waals surface area contributed by atoms with Crippen LogP contribution in [0.25, 0.3) is 5.82 Å². The SMILES string of the molecule is Cc1cc(C)n(-c2ccc(CNC(=O)N3CCN(Cc4ccccc4)CC3)cn2)n1. The van der Waals surface area contributed by atoms with Crippen molar-refractivity contribution in [2.45, 2.75) is 26.9 Å². The summed E-state index contributed by atoms with van der Waals surface area (Å²) in [4.78, 5) is 21.3. The van der Waals surface area contributed by atoms with Crippen molar-refractivity contribution in [1.29, 1.82) is 0 Å². The standard InChI is InChI=1S/C23H28N6O/c1-18-14-19(2)29(26-18)22-9-8-21(15-24-22)16-25-23(30)28-12-10-27(11-13-28)17-20-6-4-3-5-7-20/h3-9,14-15H,10-13,16-17H2,1-2H3,(H,25,30). The predicted molar refractivity (Wildman–Crippen MR) is 116 cm³/mol. The largest absolute Gasteiger partial charge is 0.334 e. The van der Waals surface area contributed by atoms with Gasteiger partial charge in [-0.25, -0.2) is 14.5 Å². The molecule has 7 heteroatoms. The highest BCUT2D eigenvalue weighted by molar-refractivity contribution is 5.74. The summed E-state index contributed by atoms with van der Waals surface area (Å²) in [6, 6.07) is 16.4. The van der Waals surface area contributed by atoms with Crippen molar-refractivity contribution in [3.05, 3.63) is 77.2 Å². The third-order valence-corrected chi connectivity index (χ3v) is 5.39. The highest BCUT2D eigenvalue weighted by Crippen LogP contribution is 2.11. The van der Waals surface area contributed by atoms with E-state index in [-0.39, 0.29) is 6.03 Å². The summed E-state index contributed by atoms with van der Waals surface area (Å²) in [5.74, 6) is 0.783. The molecule has 0 spiro atoms. The summed E-state index contributed by atoms with van der Waals surface area (Å²) in [5.41, 5.74) is 4.30. The molecule has 4 rings (SSSR count). The van der Waals surface area contributed by atoms with Crippen molar-refractivity contribution in [2.75, 3.05) is 26.2 Å². The smallest absolute Gasteiger partial charge is 0.317 e. The Labute approximate surface area is 177 Å². The summed E-state index contributed by atoms with van der Waals surface area (Å²) in [6.45, 7) is 8.64. The van der Waals surface area contributed by atoms with Gasteiger partial charge in [0.25, 0.3) is 0 Å². The maximum Gasteiger partial charge on any atom is 0.317 e. The monoisotopic (exact) mass is 404 g/mol. The first kappa shape index (κ1) is 20.1. The number of hydrogen-bond acceptors (Lipinski definition) is 4. The van der Waals surface area contributed by atoms with Gasteiger partial charge in [-0.15, -0.1) is 0 Å². The number of urea groups is 1. The first-order valence-corrected chi connectivity index (χ1v) is 10.4. The van der Waals surface area contributed by atoms with E-state index < -0.39 is 0 Å². The van der Waals surface area contributed by atoms with Crippen LogP contribution in [0.4, 0.5) is 4.79 Å². The van der Waals surface area contributed by atoms with Crippen LogP contribution in [-0.4, -0.2) is 56.8 Å². The van der Waals surface area contributed by atoms with Crippen LogP contribution in [0.2, 0.25) is 0 Å². The van der Waals surface area contributed by atoms with E-state index in [1.165, 1.54) is 5.56 Å². The molecule has 0 bridgehead atoms. The second-order valence-corrected chi connectivity index (χ2v) is 7.77. The predicted octanol–water partition coefficient (Wildman–Crippen LogP) is 2.91. The molecule has 2 amide bonds. The minimum Gasteiger partial charge on any atom is -0.334 e. The van der Waals surface area contributed by atoms with E-state index in [0.717, 1.165) is 55.5 Å².